The van der Waals surface area contributed by atoms with Gasteiger partial charge >= 0.3 is 0 Å². The van der Waals surface area contributed by atoms with Gasteiger partial charge in [0.1, 0.15) is 0 Å². The highest BCUT2D eigenvalue weighted by Gasteiger charge is 2.39. The SMILES string of the molecule is CCCC1(CCC)CC(NCC)CC(c2ccccc2)C1. The zero-order valence-electron chi connectivity index (χ0n) is 14.2. The van der Waals surface area contributed by atoms with Crippen LogP contribution < -0.4 is 5.32 Å². The molecule has 0 bridgehead atoms. The Morgan fingerprint density at radius 3 is 2.24 bits per heavy atom. The molecular weight excluding hydrogens is 254 g/mol. The third kappa shape index (κ3) is 4.32. The van der Waals surface area contributed by atoms with E-state index in [1.54, 1.807) is 5.56 Å². The molecule has 1 aliphatic rings. The lowest BCUT2D eigenvalue weighted by Gasteiger charge is -2.45. The topological polar surface area (TPSA) is 12.0 Å². The molecule has 1 aliphatic carbocycles. The van der Waals surface area contributed by atoms with Crippen molar-refractivity contribution in [3.63, 3.8) is 0 Å². The third-order valence-electron chi connectivity index (χ3n) is 5.25. The summed E-state index contributed by atoms with van der Waals surface area (Å²) >= 11 is 0. The molecule has 1 aromatic rings. The van der Waals surface area contributed by atoms with E-state index < -0.39 is 0 Å². The van der Waals surface area contributed by atoms with E-state index in [0.717, 1.165) is 12.5 Å². The molecule has 2 rings (SSSR count). The molecule has 21 heavy (non-hydrogen) atoms. The summed E-state index contributed by atoms with van der Waals surface area (Å²) in [5, 5.41) is 3.76. The van der Waals surface area contributed by atoms with Gasteiger partial charge in [0.2, 0.25) is 0 Å². The van der Waals surface area contributed by atoms with Gasteiger partial charge in [0.25, 0.3) is 0 Å². The zero-order chi connectivity index (χ0) is 15.1. The first-order valence-corrected chi connectivity index (χ1v) is 9.01. The number of benzene rings is 1. The summed E-state index contributed by atoms with van der Waals surface area (Å²) in [6, 6.07) is 11.9. The van der Waals surface area contributed by atoms with Crippen LogP contribution in [0.3, 0.4) is 0 Å². The van der Waals surface area contributed by atoms with Crippen LogP contribution in [0, 0.1) is 5.41 Å². The predicted octanol–water partition coefficient (Wildman–Crippen LogP) is 5.52. The summed E-state index contributed by atoms with van der Waals surface area (Å²) in [4.78, 5) is 0. The van der Waals surface area contributed by atoms with Crippen LogP contribution in [0.25, 0.3) is 0 Å². The predicted molar refractivity (Wildman–Crippen MR) is 92.7 cm³/mol. The van der Waals surface area contributed by atoms with E-state index in [2.05, 4.69) is 56.4 Å². The van der Waals surface area contributed by atoms with E-state index in [9.17, 15) is 0 Å². The maximum atomic E-state index is 3.76. The fraction of sp³-hybridized carbons (Fsp3) is 0.700. The van der Waals surface area contributed by atoms with Crippen molar-refractivity contribution in [2.24, 2.45) is 5.41 Å². The molecule has 2 unspecified atom stereocenters. The summed E-state index contributed by atoms with van der Waals surface area (Å²) < 4.78 is 0. The quantitative estimate of drug-likeness (QED) is 0.696. The standard InChI is InChI=1S/C20H33N/c1-4-12-20(13-5-2)15-18(14-19(16-20)21-6-3)17-10-8-7-9-11-17/h7-11,18-19,21H,4-6,12-16H2,1-3H3. The largest absolute Gasteiger partial charge is 0.314 e. The zero-order valence-corrected chi connectivity index (χ0v) is 14.2. The Hall–Kier alpha value is -0.820. The Morgan fingerprint density at radius 2 is 1.67 bits per heavy atom. The van der Waals surface area contributed by atoms with Gasteiger partial charge in [-0.15, -0.1) is 0 Å². The Labute approximate surface area is 131 Å². The Balaban J connectivity index is 2.21. The van der Waals surface area contributed by atoms with Crippen molar-refractivity contribution in [2.75, 3.05) is 6.54 Å². The molecule has 1 fully saturated rings. The van der Waals surface area contributed by atoms with E-state index in [4.69, 9.17) is 0 Å². The summed E-state index contributed by atoms with van der Waals surface area (Å²) in [6.45, 7) is 8.05. The highest BCUT2D eigenvalue weighted by atomic mass is 14.9. The van der Waals surface area contributed by atoms with Gasteiger partial charge in [0.05, 0.1) is 0 Å². The smallest absolute Gasteiger partial charge is 0.00780 e. The van der Waals surface area contributed by atoms with Crippen molar-refractivity contribution >= 4 is 0 Å². The van der Waals surface area contributed by atoms with Gasteiger partial charge in [-0.2, -0.15) is 0 Å². The molecular formula is C20H33N. The highest BCUT2D eigenvalue weighted by molar-refractivity contribution is 5.21. The molecule has 0 radical (unpaired) electrons. The van der Waals surface area contributed by atoms with Crippen molar-refractivity contribution in [1.29, 1.82) is 0 Å². The maximum Gasteiger partial charge on any atom is 0.00780 e. The first kappa shape index (κ1) is 16.5. The summed E-state index contributed by atoms with van der Waals surface area (Å²) in [5.74, 6) is 0.738. The van der Waals surface area contributed by atoms with Crippen molar-refractivity contribution in [3.05, 3.63) is 35.9 Å². The van der Waals surface area contributed by atoms with E-state index in [1.807, 2.05) is 0 Å². The van der Waals surface area contributed by atoms with Crippen LogP contribution in [0.1, 0.15) is 77.2 Å². The van der Waals surface area contributed by atoms with Crippen molar-refractivity contribution in [3.8, 4) is 0 Å². The van der Waals surface area contributed by atoms with Gasteiger partial charge < -0.3 is 5.32 Å². The molecule has 2 atom stereocenters. The monoisotopic (exact) mass is 287 g/mol. The van der Waals surface area contributed by atoms with Crippen LogP contribution in [0.15, 0.2) is 30.3 Å². The lowest BCUT2D eigenvalue weighted by Crippen LogP contribution is -2.42. The van der Waals surface area contributed by atoms with Crippen LogP contribution in [-0.2, 0) is 0 Å². The molecule has 0 amide bonds. The van der Waals surface area contributed by atoms with Crippen LogP contribution in [0.5, 0.6) is 0 Å². The van der Waals surface area contributed by atoms with Gasteiger partial charge in [-0.25, -0.2) is 0 Å². The summed E-state index contributed by atoms with van der Waals surface area (Å²) in [5.41, 5.74) is 2.12. The highest BCUT2D eigenvalue weighted by Crippen LogP contribution is 2.49. The first-order valence-electron chi connectivity index (χ1n) is 9.01. The molecule has 0 saturated heterocycles. The van der Waals surface area contributed by atoms with E-state index in [1.165, 1.54) is 44.9 Å². The fourth-order valence-electron chi connectivity index (χ4n) is 4.66. The molecule has 1 nitrogen and oxygen atoms in total. The minimum absolute atomic E-state index is 0.565. The molecule has 0 heterocycles. The molecule has 1 saturated carbocycles. The lowest BCUT2D eigenvalue weighted by molar-refractivity contribution is 0.111. The second kappa shape index (κ2) is 7.98. The Bertz CT molecular complexity index is 392. The van der Waals surface area contributed by atoms with Gasteiger partial charge in [-0.1, -0.05) is 63.9 Å². The Kier molecular flexibility index (Phi) is 6.29. The van der Waals surface area contributed by atoms with Crippen LogP contribution >= 0.6 is 0 Å². The van der Waals surface area contributed by atoms with Gasteiger partial charge in [0.15, 0.2) is 0 Å². The van der Waals surface area contributed by atoms with Crippen molar-refractivity contribution in [1.82, 2.24) is 5.32 Å². The first-order chi connectivity index (χ1) is 10.2. The summed E-state index contributed by atoms with van der Waals surface area (Å²) in [7, 11) is 0. The number of hydrogen-bond acceptors (Lipinski definition) is 1. The molecule has 118 valence electrons. The maximum absolute atomic E-state index is 3.76. The van der Waals surface area contributed by atoms with Crippen LogP contribution in [0.2, 0.25) is 0 Å². The van der Waals surface area contributed by atoms with E-state index >= 15 is 0 Å². The Morgan fingerprint density at radius 1 is 1.00 bits per heavy atom. The van der Waals surface area contributed by atoms with Gasteiger partial charge in [-0.05, 0) is 55.5 Å². The van der Waals surface area contributed by atoms with Crippen molar-refractivity contribution in [2.45, 2.75) is 77.7 Å². The van der Waals surface area contributed by atoms with Crippen LogP contribution in [-0.4, -0.2) is 12.6 Å². The fourth-order valence-corrected chi connectivity index (χ4v) is 4.66. The van der Waals surface area contributed by atoms with E-state index in [0.29, 0.717) is 11.5 Å². The molecule has 0 aromatic heterocycles. The van der Waals surface area contributed by atoms with E-state index in [-0.39, 0.29) is 0 Å². The van der Waals surface area contributed by atoms with Gasteiger partial charge in [-0.3, -0.25) is 0 Å². The lowest BCUT2D eigenvalue weighted by atomic mass is 9.62. The third-order valence-corrected chi connectivity index (χ3v) is 5.25. The number of hydrogen-bond donors (Lipinski definition) is 1. The molecule has 1 N–H and O–H groups in total. The van der Waals surface area contributed by atoms with Crippen LogP contribution in [0.4, 0.5) is 0 Å². The minimum Gasteiger partial charge on any atom is -0.314 e. The van der Waals surface area contributed by atoms with Gasteiger partial charge in [0, 0.05) is 6.04 Å². The van der Waals surface area contributed by atoms with Crippen molar-refractivity contribution < 1.29 is 0 Å². The molecule has 0 spiro atoms. The second-order valence-electron chi connectivity index (χ2n) is 7.01. The normalized spacial score (nSPS) is 24.9. The number of rotatable bonds is 7. The number of nitrogens with one attached hydrogen (secondary N) is 1. The molecule has 1 aromatic carbocycles. The average molecular weight is 287 g/mol. The molecule has 0 aliphatic heterocycles. The minimum atomic E-state index is 0.565. The average Bonchev–Trinajstić information content (AvgIpc) is 2.49. The summed E-state index contributed by atoms with van der Waals surface area (Å²) in [6.07, 6.45) is 9.51. The second-order valence-corrected chi connectivity index (χ2v) is 7.01. The molecule has 1 heteroatoms.